The number of ether oxygens (including phenoxy) is 2. The van der Waals surface area contributed by atoms with Gasteiger partial charge >= 0.3 is 6.61 Å². The van der Waals surface area contributed by atoms with Crippen molar-refractivity contribution in [3.05, 3.63) is 59.2 Å². The largest absolute Gasteiger partial charge is 0.493 e. The highest BCUT2D eigenvalue weighted by Gasteiger charge is 2.14. The number of aryl methyl sites for hydroxylation is 1. The number of rotatable bonds is 9. The third-order valence-electron chi connectivity index (χ3n) is 3.87. The van der Waals surface area contributed by atoms with Crippen molar-refractivity contribution < 1.29 is 27.8 Å². The Balaban J connectivity index is 1.81. The van der Waals surface area contributed by atoms with Gasteiger partial charge in [0.2, 0.25) is 5.91 Å². The number of halogens is 2. The molecular formula is C20H22F2N2O4. The molecule has 8 heteroatoms. The lowest BCUT2D eigenvalue weighted by Crippen LogP contribution is -2.37. The molecule has 0 aliphatic carbocycles. The molecule has 0 saturated heterocycles. The Hall–Kier alpha value is -3.16. The van der Waals surface area contributed by atoms with E-state index < -0.39 is 12.5 Å². The number of benzene rings is 2. The summed E-state index contributed by atoms with van der Waals surface area (Å²) in [4.78, 5) is 24.0. The van der Waals surface area contributed by atoms with Crippen LogP contribution in [-0.2, 0) is 11.2 Å². The summed E-state index contributed by atoms with van der Waals surface area (Å²) in [5, 5.41) is 5.20. The predicted octanol–water partition coefficient (Wildman–Crippen LogP) is 2.69. The van der Waals surface area contributed by atoms with Crippen molar-refractivity contribution in [2.24, 2.45) is 0 Å². The van der Waals surface area contributed by atoms with Crippen molar-refractivity contribution in [3.8, 4) is 11.5 Å². The zero-order chi connectivity index (χ0) is 20.5. The lowest BCUT2D eigenvalue weighted by Gasteiger charge is -2.11. The monoisotopic (exact) mass is 392 g/mol. The summed E-state index contributed by atoms with van der Waals surface area (Å²) in [6.45, 7) is -0.758. The summed E-state index contributed by atoms with van der Waals surface area (Å²) in [6.07, 6.45) is 0.685. The molecule has 2 rings (SSSR count). The molecule has 0 radical (unpaired) electrons. The minimum absolute atomic E-state index is 0.00411. The topological polar surface area (TPSA) is 76.7 Å². The van der Waals surface area contributed by atoms with Gasteiger partial charge < -0.3 is 20.1 Å². The van der Waals surface area contributed by atoms with Crippen molar-refractivity contribution in [1.82, 2.24) is 10.6 Å². The van der Waals surface area contributed by atoms with E-state index in [-0.39, 0.29) is 29.5 Å². The fourth-order valence-corrected chi connectivity index (χ4v) is 2.54. The molecule has 6 nitrogen and oxygen atoms in total. The van der Waals surface area contributed by atoms with Gasteiger partial charge in [0, 0.05) is 12.1 Å². The first-order valence-corrected chi connectivity index (χ1v) is 8.62. The fourth-order valence-electron chi connectivity index (χ4n) is 2.54. The summed E-state index contributed by atoms with van der Waals surface area (Å²) in [5.74, 6) is -1.04. The van der Waals surface area contributed by atoms with Crippen molar-refractivity contribution in [2.75, 3.05) is 20.2 Å². The Labute approximate surface area is 161 Å². The average Bonchev–Trinajstić information content (AvgIpc) is 2.66. The maximum atomic E-state index is 12.3. The molecule has 0 aliphatic rings. The maximum Gasteiger partial charge on any atom is 0.387 e. The van der Waals surface area contributed by atoms with Crippen LogP contribution in [0.2, 0.25) is 0 Å². The van der Waals surface area contributed by atoms with Crippen molar-refractivity contribution in [1.29, 1.82) is 0 Å². The van der Waals surface area contributed by atoms with Crippen LogP contribution < -0.4 is 20.1 Å². The van der Waals surface area contributed by atoms with E-state index in [1.54, 1.807) is 0 Å². The summed E-state index contributed by atoms with van der Waals surface area (Å²) in [5.41, 5.74) is 2.42. The number of amides is 2. The van der Waals surface area contributed by atoms with E-state index in [1.165, 1.54) is 25.3 Å². The Kier molecular flexibility index (Phi) is 7.74. The number of hydrogen-bond donors (Lipinski definition) is 2. The zero-order valence-corrected chi connectivity index (χ0v) is 15.6. The number of alkyl halides is 2. The third-order valence-corrected chi connectivity index (χ3v) is 3.87. The second-order valence-corrected chi connectivity index (χ2v) is 6.02. The minimum atomic E-state index is -3.00. The Morgan fingerprint density at radius 1 is 1.07 bits per heavy atom. The zero-order valence-electron chi connectivity index (χ0n) is 15.6. The van der Waals surface area contributed by atoms with Gasteiger partial charge in [0.05, 0.1) is 13.7 Å². The van der Waals surface area contributed by atoms with Crippen molar-refractivity contribution in [3.63, 3.8) is 0 Å². The van der Waals surface area contributed by atoms with Gasteiger partial charge in [0.15, 0.2) is 11.5 Å². The minimum Gasteiger partial charge on any atom is -0.493 e. The molecule has 0 heterocycles. The van der Waals surface area contributed by atoms with Gasteiger partial charge in [-0.3, -0.25) is 9.59 Å². The molecule has 0 atom stereocenters. The van der Waals surface area contributed by atoms with Gasteiger partial charge in [-0.15, -0.1) is 0 Å². The third kappa shape index (κ3) is 6.53. The van der Waals surface area contributed by atoms with Crippen LogP contribution in [-0.4, -0.2) is 38.6 Å². The van der Waals surface area contributed by atoms with Crippen molar-refractivity contribution in [2.45, 2.75) is 20.0 Å². The normalized spacial score (nSPS) is 10.5. The van der Waals surface area contributed by atoms with Gasteiger partial charge in [-0.05, 0) is 37.1 Å². The molecule has 28 heavy (non-hydrogen) atoms. The molecule has 2 aromatic carbocycles. The van der Waals surface area contributed by atoms with Crippen LogP contribution in [0, 0.1) is 6.92 Å². The van der Waals surface area contributed by atoms with E-state index in [1.807, 2.05) is 31.2 Å². The molecule has 2 amide bonds. The molecule has 150 valence electrons. The van der Waals surface area contributed by atoms with Crippen LogP contribution in [0.1, 0.15) is 21.5 Å². The number of methoxy groups -OCH3 is 1. The van der Waals surface area contributed by atoms with E-state index in [2.05, 4.69) is 15.4 Å². The second-order valence-electron chi connectivity index (χ2n) is 6.02. The highest BCUT2D eigenvalue weighted by atomic mass is 19.3. The molecular weight excluding hydrogens is 370 g/mol. The Morgan fingerprint density at radius 3 is 2.54 bits per heavy atom. The predicted molar refractivity (Wildman–Crippen MR) is 99.9 cm³/mol. The van der Waals surface area contributed by atoms with Gasteiger partial charge in [-0.25, -0.2) is 0 Å². The van der Waals surface area contributed by atoms with Crippen LogP contribution in [0.25, 0.3) is 0 Å². The van der Waals surface area contributed by atoms with Gasteiger partial charge in [-0.1, -0.05) is 29.8 Å². The van der Waals surface area contributed by atoms with Crippen LogP contribution in [0.3, 0.4) is 0 Å². The van der Waals surface area contributed by atoms with E-state index in [4.69, 9.17) is 4.74 Å². The Morgan fingerprint density at radius 2 is 1.86 bits per heavy atom. The first kappa shape index (κ1) is 21.1. The quantitative estimate of drug-likeness (QED) is 0.688. The Bertz CT molecular complexity index is 828. The van der Waals surface area contributed by atoms with Gasteiger partial charge in [0.25, 0.3) is 5.91 Å². The SMILES string of the molecule is COc1cc(C(=O)NCC(=O)NCCc2cccc(C)c2)ccc1OC(F)F. The highest BCUT2D eigenvalue weighted by molar-refractivity contribution is 5.97. The van der Waals surface area contributed by atoms with Crippen LogP contribution in [0.4, 0.5) is 8.78 Å². The summed E-state index contributed by atoms with van der Waals surface area (Å²) >= 11 is 0. The molecule has 0 spiro atoms. The van der Waals surface area contributed by atoms with Crippen LogP contribution in [0.15, 0.2) is 42.5 Å². The van der Waals surface area contributed by atoms with Crippen LogP contribution >= 0.6 is 0 Å². The van der Waals surface area contributed by atoms with E-state index in [0.29, 0.717) is 13.0 Å². The molecule has 0 unspecified atom stereocenters. The lowest BCUT2D eigenvalue weighted by atomic mass is 10.1. The number of carbonyl (C=O) groups is 2. The van der Waals surface area contributed by atoms with Crippen molar-refractivity contribution >= 4 is 11.8 Å². The highest BCUT2D eigenvalue weighted by Crippen LogP contribution is 2.29. The number of nitrogens with one attached hydrogen (secondary N) is 2. The van der Waals surface area contributed by atoms with E-state index in [0.717, 1.165) is 11.1 Å². The standard InChI is InChI=1S/C20H22F2N2O4/c1-13-4-3-5-14(10-13)8-9-23-18(25)12-24-19(26)15-6-7-16(28-20(21)22)17(11-15)27-2/h3-7,10-11,20H,8-9,12H2,1-2H3,(H,23,25)(H,24,26). The molecule has 0 saturated carbocycles. The second kappa shape index (κ2) is 10.2. The first-order chi connectivity index (χ1) is 13.4. The molecule has 0 aliphatic heterocycles. The summed E-state index contributed by atoms with van der Waals surface area (Å²) in [6, 6.07) is 11.8. The summed E-state index contributed by atoms with van der Waals surface area (Å²) < 4.78 is 33.9. The molecule has 2 aromatic rings. The maximum absolute atomic E-state index is 12.3. The summed E-state index contributed by atoms with van der Waals surface area (Å²) in [7, 11) is 1.27. The molecule has 2 N–H and O–H groups in total. The molecule has 0 aromatic heterocycles. The first-order valence-electron chi connectivity index (χ1n) is 8.62. The molecule has 0 bridgehead atoms. The smallest absolute Gasteiger partial charge is 0.387 e. The van der Waals surface area contributed by atoms with Gasteiger partial charge in [0.1, 0.15) is 0 Å². The lowest BCUT2D eigenvalue weighted by molar-refractivity contribution is -0.120. The van der Waals surface area contributed by atoms with E-state index >= 15 is 0 Å². The van der Waals surface area contributed by atoms with E-state index in [9.17, 15) is 18.4 Å². The average molecular weight is 392 g/mol. The fraction of sp³-hybridized carbons (Fsp3) is 0.300. The molecule has 0 fully saturated rings. The van der Waals surface area contributed by atoms with Gasteiger partial charge in [-0.2, -0.15) is 8.78 Å². The number of carbonyl (C=O) groups excluding carboxylic acids is 2. The number of hydrogen-bond acceptors (Lipinski definition) is 4. The van der Waals surface area contributed by atoms with Crippen LogP contribution in [0.5, 0.6) is 11.5 Å².